The summed E-state index contributed by atoms with van der Waals surface area (Å²) >= 11 is 12.4. The maximum atomic E-state index is 13.7. The van der Waals surface area contributed by atoms with Crippen LogP contribution in [-0.2, 0) is 6.42 Å². The molecule has 3 aliphatic rings. The number of anilines is 1. The van der Waals surface area contributed by atoms with Crippen molar-refractivity contribution in [3.05, 3.63) is 111 Å². The standard InChI is InChI=1S/C30H23Cl2N7O/c1-15-2-3-16-8-17(4-6-23(16)34-15)24-13-33-30(35-24)29-22-12-21(22)26-9-18(10-28(40)39(26)29)20-11-19(31)5-7-25(20)38-14-27(32)36-37-38/h4-11,13-14,21-22,29,34H,1-3,12H2,(H,33,35). The maximum Gasteiger partial charge on any atom is 0.252 e. The molecule has 1 aliphatic carbocycles. The van der Waals surface area contributed by atoms with Crippen LogP contribution in [0.2, 0.25) is 10.2 Å². The lowest BCUT2D eigenvalue weighted by Gasteiger charge is -2.20. The Kier molecular flexibility index (Phi) is 5.15. The van der Waals surface area contributed by atoms with Crippen LogP contribution in [0.1, 0.15) is 41.9 Å². The van der Waals surface area contributed by atoms with Gasteiger partial charge < -0.3 is 14.9 Å². The summed E-state index contributed by atoms with van der Waals surface area (Å²) in [5.74, 6) is 1.48. The fraction of sp³-hybridized carbons (Fsp3) is 0.200. The summed E-state index contributed by atoms with van der Waals surface area (Å²) in [5.41, 5.74) is 8.76. The highest BCUT2D eigenvalue weighted by Gasteiger charge is 2.54. The molecule has 0 amide bonds. The molecule has 40 heavy (non-hydrogen) atoms. The Morgan fingerprint density at radius 1 is 1.02 bits per heavy atom. The number of rotatable bonds is 4. The summed E-state index contributed by atoms with van der Waals surface area (Å²) in [6.07, 6.45) is 6.43. The predicted octanol–water partition coefficient (Wildman–Crippen LogP) is 6.37. The van der Waals surface area contributed by atoms with Gasteiger partial charge in [0.2, 0.25) is 0 Å². The van der Waals surface area contributed by atoms with Crippen molar-refractivity contribution in [1.29, 1.82) is 0 Å². The van der Waals surface area contributed by atoms with Crippen LogP contribution < -0.4 is 10.9 Å². The van der Waals surface area contributed by atoms with Crippen LogP contribution in [0.4, 0.5) is 5.69 Å². The molecule has 0 bridgehead atoms. The monoisotopic (exact) mass is 567 g/mol. The molecule has 2 aromatic carbocycles. The first-order valence-corrected chi connectivity index (χ1v) is 14.0. The molecule has 5 aromatic rings. The Morgan fingerprint density at radius 2 is 1.93 bits per heavy atom. The Balaban J connectivity index is 1.17. The molecule has 8 rings (SSSR count). The molecule has 198 valence electrons. The molecule has 3 aromatic heterocycles. The second-order valence-electron chi connectivity index (χ2n) is 10.8. The molecule has 5 heterocycles. The number of aryl methyl sites for hydroxylation is 1. The van der Waals surface area contributed by atoms with Gasteiger partial charge in [0.1, 0.15) is 5.82 Å². The Bertz CT molecular complexity index is 1920. The third-order valence-electron chi connectivity index (χ3n) is 8.28. The van der Waals surface area contributed by atoms with E-state index in [2.05, 4.69) is 51.5 Å². The maximum absolute atomic E-state index is 13.7. The van der Waals surface area contributed by atoms with Crippen LogP contribution in [0.25, 0.3) is 28.1 Å². The summed E-state index contributed by atoms with van der Waals surface area (Å²) in [7, 11) is 0. The molecular weight excluding hydrogens is 545 g/mol. The fourth-order valence-corrected chi connectivity index (χ4v) is 6.62. The van der Waals surface area contributed by atoms with E-state index in [0.717, 1.165) is 70.2 Å². The van der Waals surface area contributed by atoms with E-state index in [1.807, 2.05) is 22.9 Å². The van der Waals surface area contributed by atoms with Crippen molar-refractivity contribution in [2.75, 3.05) is 5.32 Å². The van der Waals surface area contributed by atoms with Gasteiger partial charge in [-0.3, -0.25) is 4.79 Å². The van der Waals surface area contributed by atoms with Crippen molar-refractivity contribution in [1.82, 2.24) is 29.5 Å². The number of halogens is 2. The second kappa shape index (κ2) is 8.68. The van der Waals surface area contributed by atoms with Crippen LogP contribution in [0.5, 0.6) is 0 Å². The second-order valence-corrected chi connectivity index (χ2v) is 11.6. The number of aromatic amines is 1. The van der Waals surface area contributed by atoms with Gasteiger partial charge in [-0.1, -0.05) is 41.1 Å². The zero-order valence-electron chi connectivity index (χ0n) is 21.2. The van der Waals surface area contributed by atoms with E-state index >= 15 is 0 Å². The fourth-order valence-electron chi connectivity index (χ4n) is 6.32. The number of nitrogens with zero attached hydrogens (tertiary/aromatic N) is 5. The molecule has 0 radical (unpaired) electrons. The van der Waals surface area contributed by atoms with E-state index in [9.17, 15) is 4.79 Å². The van der Waals surface area contributed by atoms with Crippen molar-refractivity contribution in [3.8, 4) is 28.1 Å². The SMILES string of the molecule is C=C1CCc2cc(-c3cnc(C4C5CC5c5cc(-c6cc(Cl)ccc6-n6cc(Cl)nn6)cc(=O)n54)[nH]3)ccc2N1. The topological polar surface area (TPSA) is 93.4 Å². The number of aromatic nitrogens is 6. The number of hydrogen-bond donors (Lipinski definition) is 2. The summed E-state index contributed by atoms with van der Waals surface area (Å²) in [6, 6.07) is 15.5. The van der Waals surface area contributed by atoms with E-state index in [4.69, 9.17) is 28.2 Å². The molecule has 1 saturated carbocycles. The molecule has 3 atom stereocenters. The molecule has 0 saturated heterocycles. The van der Waals surface area contributed by atoms with Gasteiger partial charge in [0.15, 0.2) is 5.15 Å². The van der Waals surface area contributed by atoms with Gasteiger partial charge in [0, 0.05) is 39.6 Å². The van der Waals surface area contributed by atoms with Gasteiger partial charge in [0.05, 0.1) is 29.8 Å². The van der Waals surface area contributed by atoms with Crippen LogP contribution >= 0.6 is 23.2 Å². The lowest BCUT2D eigenvalue weighted by atomic mass is 9.98. The number of hydrogen-bond acceptors (Lipinski definition) is 5. The number of pyridine rings is 1. The number of H-pyrrole nitrogens is 1. The predicted molar refractivity (Wildman–Crippen MR) is 155 cm³/mol. The van der Waals surface area contributed by atoms with Crippen LogP contribution in [0, 0.1) is 5.92 Å². The van der Waals surface area contributed by atoms with Gasteiger partial charge in [0.25, 0.3) is 5.56 Å². The van der Waals surface area contributed by atoms with Gasteiger partial charge >= 0.3 is 0 Å². The van der Waals surface area contributed by atoms with E-state index in [0.29, 0.717) is 16.9 Å². The number of fused-ring (bicyclic) bond motifs is 4. The minimum Gasteiger partial charge on any atom is -0.359 e. The van der Waals surface area contributed by atoms with E-state index < -0.39 is 0 Å². The van der Waals surface area contributed by atoms with Crippen molar-refractivity contribution in [2.24, 2.45) is 5.92 Å². The van der Waals surface area contributed by atoms with Crippen LogP contribution in [0.3, 0.4) is 0 Å². The first-order chi connectivity index (χ1) is 19.4. The summed E-state index contributed by atoms with van der Waals surface area (Å²) < 4.78 is 3.50. The quantitative estimate of drug-likeness (QED) is 0.263. The van der Waals surface area contributed by atoms with E-state index in [-0.39, 0.29) is 16.8 Å². The zero-order valence-corrected chi connectivity index (χ0v) is 22.7. The normalized spacial score (nSPS) is 20.6. The highest BCUT2D eigenvalue weighted by molar-refractivity contribution is 6.31. The van der Waals surface area contributed by atoms with Gasteiger partial charge in [-0.15, -0.1) is 5.10 Å². The Labute approximate surface area is 239 Å². The lowest BCUT2D eigenvalue weighted by Crippen LogP contribution is -2.26. The minimum absolute atomic E-state index is 0.0646. The van der Waals surface area contributed by atoms with Crippen LogP contribution in [-0.4, -0.2) is 29.5 Å². The van der Waals surface area contributed by atoms with Crippen molar-refractivity contribution in [3.63, 3.8) is 0 Å². The van der Waals surface area contributed by atoms with Crippen molar-refractivity contribution < 1.29 is 0 Å². The molecule has 2 N–H and O–H groups in total. The molecule has 3 unspecified atom stereocenters. The molecule has 2 aliphatic heterocycles. The molecule has 10 heteroatoms. The molecular formula is C30H23Cl2N7O. The number of allylic oxidation sites excluding steroid dienone is 1. The van der Waals surface area contributed by atoms with Gasteiger partial charge in [-0.2, -0.15) is 0 Å². The number of nitrogens with one attached hydrogen (secondary N) is 2. The van der Waals surface area contributed by atoms with Crippen LogP contribution in [0.15, 0.2) is 78.0 Å². The third kappa shape index (κ3) is 3.74. The van der Waals surface area contributed by atoms with Crippen molar-refractivity contribution >= 4 is 28.9 Å². The summed E-state index contributed by atoms with van der Waals surface area (Å²) in [6.45, 7) is 4.05. The van der Waals surface area contributed by atoms with Crippen molar-refractivity contribution in [2.45, 2.75) is 31.2 Å². The minimum atomic E-state index is -0.120. The Hall–Kier alpha value is -4.14. The first kappa shape index (κ1) is 23.7. The molecule has 0 spiro atoms. The third-order valence-corrected chi connectivity index (χ3v) is 8.69. The summed E-state index contributed by atoms with van der Waals surface area (Å²) in [5, 5.41) is 12.2. The first-order valence-electron chi connectivity index (χ1n) is 13.2. The smallest absolute Gasteiger partial charge is 0.252 e. The van der Waals surface area contributed by atoms with E-state index in [1.54, 1.807) is 23.0 Å². The Morgan fingerprint density at radius 3 is 2.77 bits per heavy atom. The largest absolute Gasteiger partial charge is 0.359 e. The zero-order chi connectivity index (χ0) is 27.1. The average Bonchev–Trinajstić information content (AvgIpc) is 3.23. The highest BCUT2D eigenvalue weighted by atomic mass is 35.5. The summed E-state index contributed by atoms with van der Waals surface area (Å²) in [4.78, 5) is 22.0. The van der Waals surface area contributed by atoms with Gasteiger partial charge in [-0.25, -0.2) is 9.67 Å². The number of imidazole rings is 1. The van der Waals surface area contributed by atoms with E-state index in [1.165, 1.54) is 5.56 Å². The molecule has 1 fully saturated rings. The van der Waals surface area contributed by atoms with Gasteiger partial charge in [-0.05, 0) is 78.3 Å². The highest BCUT2D eigenvalue weighted by Crippen LogP contribution is 2.60. The average molecular weight is 568 g/mol. The molecule has 8 nitrogen and oxygen atoms in total. The number of benzene rings is 2. The lowest BCUT2D eigenvalue weighted by molar-refractivity contribution is 0.515.